The maximum Gasteiger partial charge on any atom is 0.338 e. The minimum atomic E-state index is -0.791. The van der Waals surface area contributed by atoms with Crippen molar-refractivity contribution in [2.24, 2.45) is 4.99 Å². The van der Waals surface area contributed by atoms with E-state index in [1.165, 1.54) is 11.3 Å². The monoisotopic (exact) mass is 754 g/mol. The highest BCUT2D eigenvalue weighted by atomic mass is 79.9. The van der Waals surface area contributed by atoms with Crippen LogP contribution in [0.15, 0.2) is 90.7 Å². The first kappa shape index (κ1) is 32.7. The average molecular weight is 757 g/mol. The van der Waals surface area contributed by atoms with Gasteiger partial charge >= 0.3 is 5.97 Å². The van der Waals surface area contributed by atoms with Crippen LogP contribution in [0.25, 0.3) is 6.08 Å². The molecule has 0 unspecified atom stereocenters. The lowest BCUT2D eigenvalue weighted by molar-refractivity contribution is -0.139. The van der Waals surface area contributed by atoms with Crippen LogP contribution in [0.3, 0.4) is 0 Å². The summed E-state index contributed by atoms with van der Waals surface area (Å²) in [7, 11) is 3.15. The van der Waals surface area contributed by atoms with E-state index in [9.17, 15) is 9.59 Å². The summed E-state index contributed by atoms with van der Waals surface area (Å²) in [4.78, 5) is 33.0. The fraction of sp³-hybridized carbons (Fsp3) is 0.265. The Bertz CT molecular complexity index is 1930. The van der Waals surface area contributed by atoms with Gasteiger partial charge in [0.25, 0.3) is 5.56 Å². The number of methoxy groups -OCH3 is 2. The van der Waals surface area contributed by atoms with Gasteiger partial charge in [0.2, 0.25) is 0 Å². The number of carbonyl (C=O) groups excluding carboxylic acids is 1. The van der Waals surface area contributed by atoms with Crippen LogP contribution in [0, 0.1) is 0 Å². The van der Waals surface area contributed by atoms with Gasteiger partial charge in [-0.25, -0.2) is 9.79 Å². The number of allylic oxidation sites excluding steroid dienone is 1. The number of ether oxygens (including phenoxy) is 4. The highest BCUT2D eigenvalue weighted by Crippen LogP contribution is 2.38. The quantitative estimate of drug-likeness (QED) is 0.159. The van der Waals surface area contributed by atoms with Gasteiger partial charge in [0.1, 0.15) is 18.4 Å². The minimum absolute atomic E-state index is 0.194. The zero-order chi connectivity index (χ0) is 32.1. The van der Waals surface area contributed by atoms with Crippen molar-refractivity contribution in [3.8, 4) is 17.2 Å². The molecule has 1 atom stereocenters. The van der Waals surface area contributed by atoms with Crippen LogP contribution >= 0.6 is 43.2 Å². The summed E-state index contributed by atoms with van der Waals surface area (Å²) in [5, 5.41) is 0. The zero-order valence-corrected chi connectivity index (χ0v) is 29.3. The molecule has 0 fully saturated rings. The van der Waals surface area contributed by atoms with Crippen molar-refractivity contribution < 1.29 is 23.7 Å². The molecule has 45 heavy (non-hydrogen) atoms. The molecule has 5 rings (SSSR count). The van der Waals surface area contributed by atoms with E-state index in [-0.39, 0.29) is 12.2 Å². The van der Waals surface area contributed by atoms with Crippen LogP contribution in [0.4, 0.5) is 0 Å². The summed E-state index contributed by atoms with van der Waals surface area (Å²) >= 11 is 8.27. The third kappa shape index (κ3) is 7.10. The second-order valence-corrected chi connectivity index (χ2v) is 13.0. The molecule has 1 aromatic heterocycles. The number of halogens is 2. The summed E-state index contributed by atoms with van der Waals surface area (Å²) in [6.45, 7) is 4.35. The molecule has 234 valence electrons. The smallest absolute Gasteiger partial charge is 0.338 e. The van der Waals surface area contributed by atoms with E-state index >= 15 is 0 Å². The number of hydrogen-bond acceptors (Lipinski definition) is 8. The topological polar surface area (TPSA) is 88.4 Å². The van der Waals surface area contributed by atoms with E-state index in [4.69, 9.17) is 23.9 Å². The molecule has 4 aromatic rings. The third-order valence-corrected chi connectivity index (χ3v) is 9.18. The van der Waals surface area contributed by atoms with Gasteiger partial charge in [-0.2, -0.15) is 0 Å². The van der Waals surface area contributed by atoms with Crippen molar-refractivity contribution in [3.05, 3.63) is 117 Å². The van der Waals surface area contributed by atoms with E-state index in [1.54, 1.807) is 31.8 Å². The number of carbonyl (C=O) groups is 1. The van der Waals surface area contributed by atoms with Crippen LogP contribution in [0.5, 0.6) is 17.2 Å². The summed E-state index contributed by atoms with van der Waals surface area (Å²) in [6.07, 6.45) is 3.10. The largest absolute Gasteiger partial charge is 0.496 e. The van der Waals surface area contributed by atoms with Gasteiger partial charge in [0, 0.05) is 14.5 Å². The standard InChI is InChI=1S/C34H32Br2N2O6S/c1-5-7-25-30(33(40)43-6-2)31(24-18-23(36)13-15-26(24)41-3)38-32(39)29(45-34(38)37-25)17-21-10-14-27(28(16-21)42-4)44-19-20-8-11-22(35)12-9-20/h8-18,31H,5-7,19H2,1-4H3/b29-17+/t31-/m1/s1. The van der Waals surface area contributed by atoms with Crippen molar-refractivity contribution in [2.45, 2.75) is 39.3 Å². The maximum absolute atomic E-state index is 14.2. The van der Waals surface area contributed by atoms with E-state index < -0.39 is 12.0 Å². The lowest BCUT2D eigenvalue weighted by atomic mass is 9.93. The predicted molar refractivity (Wildman–Crippen MR) is 182 cm³/mol. The Morgan fingerprint density at radius 3 is 2.36 bits per heavy atom. The average Bonchev–Trinajstić information content (AvgIpc) is 3.34. The second kappa shape index (κ2) is 14.6. The van der Waals surface area contributed by atoms with E-state index in [0.717, 1.165) is 26.5 Å². The molecule has 8 nitrogen and oxygen atoms in total. The molecule has 0 amide bonds. The molecule has 0 bridgehead atoms. The van der Waals surface area contributed by atoms with Gasteiger partial charge in [0.15, 0.2) is 16.3 Å². The second-order valence-electron chi connectivity index (χ2n) is 10.1. The Balaban J connectivity index is 1.61. The lowest BCUT2D eigenvalue weighted by Gasteiger charge is -2.27. The Hall–Kier alpha value is -3.67. The molecule has 0 spiro atoms. The SMILES string of the molecule is CCCC1=C(C(=O)OCC)[C@@H](c2cc(Br)ccc2OC)n2c(s/c(=C/c3ccc(OCc4ccc(Br)cc4)c(OC)c3)c2=O)=N1. The van der Waals surface area contributed by atoms with Gasteiger partial charge in [-0.15, -0.1) is 0 Å². The van der Waals surface area contributed by atoms with Gasteiger partial charge in [-0.3, -0.25) is 9.36 Å². The molecular formula is C34H32Br2N2O6S. The molecule has 3 aromatic carbocycles. The number of aromatic nitrogens is 1. The molecule has 0 radical (unpaired) electrons. The summed E-state index contributed by atoms with van der Waals surface area (Å²) < 4.78 is 26.7. The first-order chi connectivity index (χ1) is 21.8. The molecule has 0 N–H and O–H groups in total. The summed E-state index contributed by atoms with van der Waals surface area (Å²) in [5.74, 6) is 1.17. The number of hydrogen-bond donors (Lipinski definition) is 0. The summed E-state index contributed by atoms with van der Waals surface area (Å²) in [6, 6.07) is 18.2. The van der Waals surface area contributed by atoms with Crippen LogP contribution in [0.2, 0.25) is 0 Å². The van der Waals surface area contributed by atoms with Gasteiger partial charge in [-0.1, -0.05) is 74.7 Å². The van der Waals surface area contributed by atoms with Crippen molar-refractivity contribution in [1.82, 2.24) is 4.57 Å². The predicted octanol–water partition coefficient (Wildman–Crippen LogP) is 6.70. The highest BCUT2D eigenvalue weighted by molar-refractivity contribution is 9.10. The van der Waals surface area contributed by atoms with E-state index in [2.05, 4.69) is 31.9 Å². The van der Waals surface area contributed by atoms with Crippen LogP contribution in [-0.4, -0.2) is 31.4 Å². The first-order valence-corrected chi connectivity index (χ1v) is 16.8. The van der Waals surface area contributed by atoms with Crippen molar-refractivity contribution >= 4 is 55.2 Å². The molecule has 0 saturated carbocycles. The molecular weight excluding hydrogens is 724 g/mol. The zero-order valence-electron chi connectivity index (χ0n) is 25.3. The minimum Gasteiger partial charge on any atom is -0.496 e. The van der Waals surface area contributed by atoms with E-state index in [0.29, 0.717) is 56.4 Å². The Morgan fingerprint density at radius 1 is 0.956 bits per heavy atom. The lowest BCUT2D eigenvalue weighted by Crippen LogP contribution is -2.40. The molecule has 1 aliphatic heterocycles. The Kier molecular flexibility index (Phi) is 10.6. The van der Waals surface area contributed by atoms with Crippen LogP contribution < -0.4 is 29.1 Å². The molecule has 0 aliphatic carbocycles. The Morgan fingerprint density at radius 2 is 1.67 bits per heavy atom. The number of nitrogens with zero attached hydrogens (tertiary/aromatic N) is 2. The summed E-state index contributed by atoms with van der Waals surface area (Å²) in [5.41, 5.74) is 3.08. The Labute approximate surface area is 281 Å². The van der Waals surface area contributed by atoms with Crippen LogP contribution in [-0.2, 0) is 16.1 Å². The van der Waals surface area contributed by atoms with Crippen molar-refractivity contribution in [1.29, 1.82) is 0 Å². The fourth-order valence-electron chi connectivity index (χ4n) is 5.12. The molecule has 2 heterocycles. The number of rotatable bonds is 11. The molecule has 11 heteroatoms. The van der Waals surface area contributed by atoms with Crippen molar-refractivity contribution in [3.63, 3.8) is 0 Å². The van der Waals surface area contributed by atoms with Gasteiger partial charge in [-0.05, 0) is 73.0 Å². The third-order valence-electron chi connectivity index (χ3n) is 7.17. The highest BCUT2D eigenvalue weighted by Gasteiger charge is 2.36. The molecule has 1 aliphatic rings. The van der Waals surface area contributed by atoms with Crippen LogP contribution in [0.1, 0.15) is 49.4 Å². The normalized spacial score (nSPS) is 14.5. The van der Waals surface area contributed by atoms with E-state index in [1.807, 2.05) is 67.6 Å². The molecule has 0 saturated heterocycles. The number of esters is 1. The number of thiazole rings is 1. The van der Waals surface area contributed by atoms with Crippen molar-refractivity contribution in [2.75, 3.05) is 20.8 Å². The maximum atomic E-state index is 14.2. The number of fused-ring (bicyclic) bond motifs is 1. The number of benzene rings is 3. The first-order valence-electron chi connectivity index (χ1n) is 14.4. The van der Waals surface area contributed by atoms with Gasteiger partial charge < -0.3 is 18.9 Å². The van der Waals surface area contributed by atoms with Gasteiger partial charge in [0.05, 0.1) is 36.6 Å². The fourth-order valence-corrected chi connectivity index (χ4v) is 6.78.